The third-order valence-corrected chi connectivity index (χ3v) is 4.63. The number of aliphatic carboxylic acids is 1. The minimum absolute atomic E-state index is 0.116. The Hall–Kier alpha value is -0.710. The van der Waals surface area contributed by atoms with Crippen LogP contribution in [-0.2, 0) is 9.59 Å². The molecule has 5 heteroatoms. The van der Waals surface area contributed by atoms with Gasteiger partial charge in [-0.3, -0.25) is 4.79 Å². The third kappa shape index (κ3) is 7.17. The first kappa shape index (κ1) is 17.3. The highest BCUT2D eigenvalue weighted by atomic mass is 32.2. The monoisotopic (exact) mass is 301 g/mol. The first-order chi connectivity index (χ1) is 9.63. The Morgan fingerprint density at radius 2 is 2.00 bits per heavy atom. The summed E-state index contributed by atoms with van der Waals surface area (Å²) in [6.07, 6.45) is 11.5. The second kappa shape index (κ2) is 10.1. The lowest BCUT2D eigenvalue weighted by Gasteiger charge is -2.21. The van der Waals surface area contributed by atoms with Gasteiger partial charge < -0.3 is 10.4 Å². The van der Waals surface area contributed by atoms with Gasteiger partial charge in [-0.25, -0.2) is 4.79 Å². The maximum Gasteiger partial charge on any atom is 0.326 e. The van der Waals surface area contributed by atoms with Crippen LogP contribution >= 0.6 is 11.8 Å². The lowest BCUT2D eigenvalue weighted by atomic mass is 9.86. The first-order valence-corrected chi connectivity index (χ1v) is 9.04. The predicted molar refractivity (Wildman–Crippen MR) is 83.0 cm³/mol. The van der Waals surface area contributed by atoms with E-state index in [0.29, 0.717) is 12.8 Å². The van der Waals surface area contributed by atoms with E-state index in [0.717, 1.165) is 24.5 Å². The fourth-order valence-corrected chi connectivity index (χ4v) is 3.26. The van der Waals surface area contributed by atoms with E-state index >= 15 is 0 Å². The molecule has 116 valence electrons. The van der Waals surface area contributed by atoms with E-state index in [2.05, 4.69) is 5.32 Å². The summed E-state index contributed by atoms with van der Waals surface area (Å²) < 4.78 is 0. The van der Waals surface area contributed by atoms with E-state index in [-0.39, 0.29) is 5.91 Å². The van der Waals surface area contributed by atoms with Crippen molar-refractivity contribution < 1.29 is 14.7 Å². The molecule has 0 aromatic rings. The Bertz CT molecular complexity index is 303. The van der Waals surface area contributed by atoms with Gasteiger partial charge in [0.2, 0.25) is 5.91 Å². The number of amides is 1. The SMILES string of the molecule is CSCC[C@@H](NC(=O)CCCC1CCCCC1)C(=O)O. The molecular weight excluding hydrogens is 274 g/mol. The van der Waals surface area contributed by atoms with Crippen LogP contribution in [0.3, 0.4) is 0 Å². The molecule has 1 aliphatic rings. The van der Waals surface area contributed by atoms with Crippen LogP contribution in [0.15, 0.2) is 0 Å². The van der Waals surface area contributed by atoms with Gasteiger partial charge >= 0.3 is 5.97 Å². The molecule has 20 heavy (non-hydrogen) atoms. The largest absolute Gasteiger partial charge is 0.480 e. The maximum atomic E-state index is 11.8. The van der Waals surface area contributed by atoms with Gasteiger partial charge in [-0.2, -0.15) is 11.8 Å². The van der Waals surface area contributed by atoms with E-state index in [1.807, 2.05) is 6.26 Å². The van der Waals surface area contributed by atoms with Gasteiger partial charge in [0.05, 0.1) is 0 Å². The summed E-state index contributed by atoms with van der Waals surface area (Å²) in [5, 5.41) is 11.7. The Kier molecular flexibility index (Phi) is 8.74. The van der Waals surface area contributed by atoms with Gasteiger partial charge in [-0.05, 0) is 37.2 Å². The quantitative estimate of drug-likeness (QED) is 0.687. The number of thioether (sulfide) groups is 1. The molecule has 0 aliphatic heterocycles. The summed E-state index contributed by atoms with van der Waals surface area (Å²) >= 11 is 1.60. The molecule has 0 saturated heterocycles. The third-order valence-electron chi connectivity index (χ3n) is 3.98. The highest BCUT2D eigenvalue weighted by Crippen LogP contribution is 2.27. The Balaban J connectivity index is 2.18. The summed E-state index contributed by atoms with van der Waals surface area (Å²) in [6, 6.07) is -0.732. The highest BCUT2D eigenvalue weighted by molar-refractivity contribution is 7.98. The molecule has 1 aliphatic carbocycles. The minimum Gasteiger partial charge on any atom is -0.480 e. The van der Waals surface area contributed by atoms with Crippen LogP contribution in [0.2, 0.25) is 0 Å². The molecule has 1 atom stereocenters. The molecule has 4 nitrogen and oxygen atoms in total. The zero-order valence-corrected chi connectivity index (χ0v) is 13.2. The molecular formula is C15H27NO3S. The van der Waals surface area contributed by atoms with E-state index in [9.17, 15) is 9.59 Å². The molecule has 0 radical (unpaired) electrons. The number of hydrogen-bond donors (Lipinski definition) is 2. The van der Waals surface area contributed by atoms with Gasteiger partial charge in [0.25, 0.3) is 0 Å². The molecule has 1 amide bonds. The van der Waals surface area contributed by atoms with Crippen LogP contribution < -0.4 is 5.32 Å². The van der Waals surface area contributed by atoms with Gasteiger partial charge in [-0.1, -0.05) is 32.1 Å². The zero-order valence-electron chi connectivity index (χ0n) is 12.4. The Labute approximate surface area is 126 Å². The number of carbonyl (C=O) groups is 2. The number of rotatable bonds is 9. The summed E-state index contributed by atoms with van der Waals surface area (Å²) in [5.74, 6) is 0.483. The van der Waals surface area contributed by atoms with Gasteiger partial charge in [-0.15, -0.1) is 0 Å². The van der Waals surface area contributed by atoms with Crippen molar-refractivity contribution >= 4 is 23.6 Å². The molecule has 0 heterocycles. The lowest BCUT2D eigenvalue weighted by Crippen LogP contribution is -2.41. The molecule has 1 fully saturated rings. The van der Waals surface area contributed by atoms with Crippen molar-refractivity contribution in [3.63, 3.8) is 0 Å². The summed E-state index contributed by atoms with van der Waals surface area (Å²) in [5.41, 5.74) is 0. The van der Waals surface area contributed by atoms with Crippen LogP contribution in [0.5, 0.6) is 0 Å². The van der Waals surface area contributed by atoms with Crippen LogP contribution in [-0.4, -0.2) is 35.0 Å². The van der Waals surface area contributed by atoms with Gasteiger partial charge in [0.1, 0.15) is 6.04 Å². The van der Waals surface area contributed by atoms with Crippen molar-refractivity contribution in [1.29, 1.82) is 0 Å². The lowest BCUT2D eigenvalue weighted by molar-refractivity contribution is -0.141. The van der Waals surface area contributed by atoms with Crippen molar-refractivity contribution in [2.75, 3.05) is 12.0 Å². The molecule has 0 bridgehead atoms. The van der Waals surface area contributed by atoms with Crippen molar-refractivity contribution in [1.82, 2.24) is 5.32 Å². The van der Waals surface area contributed by atoms with E-state index in [1.54, 1.807) is 11.8 Å². The number of hydrogen-bond acceptors (Lipinski definition) is 3. The number of carboxylic acids is 1. The van der Waals surface area contributed by atoms with Crippen LogP contribution in [0.4, 0.5) is 0 Å². The van der Waals surface area contributed by atoms with Gasteiger partial charge in [0, 0.05) is 6.42 Å². The van der Waals surface area contributed by atoms with Crippen molar-refractivity contribution in [3.05, 3.63) is 0 Å². The minimum atomic E-state index is -0.931. The zero-order chi connectivity index (χ0) is 14.8. The van der Waals surface area contributed by atoms with Crippen molar-refractivity contribution in [3.8, 4) is 0 Å². The molecule has 1 saturated carbocycles. The molecule has 1 rings (SSSR count). The Morgan fingerprint density at radius 1 is 1.30 bits per heavy atom. The molecule has 2 N–H and O–H groups in total. The second-order valence-corrected chi connectivity index (χ2v) is 6.62. The maximum absolute atomic E-state index is 11.8. The van der Waals surface area contributed by atoms with Crippen molar-refractivity contribution in [2.45, 2.75) is 63.8 Å². The number of carboxylic acid groups (broad SMARTS) is 1. The van der Waals surface area contributed by atoms with E-state index in [4.69, 9.17) is 5.11 Å². The first-order valence-electron chi connectivity index (χ1n) is 7.64. The Morgan fingerprint density at radius 3 is 2.60 bits per heavy atom. The molecule has 0 aromatic heterocycles. The van der Waals surface area contributed by atoms with E-state index in [1.165, 1.54) is 32.1 Å². The number of nitrogens with one attached hydrogen (secondary N) is 1. The van der Waals surface area contributed by atoms with Crippen LogP contribution in [0, 0.1) is 5.92 Å². The molecule has 0 spiro atoms. The smallest absolute Gasteiger partial charge is 0.326 e. The average molecular weight is 301 g/mol. The summed E-state index contributed by atoms with van der Waals surface area (Å²) in [6.45, 7) is 0. The predicted octanol–water partition coefficient (Wildman–Crippen LogP) is 3.06. The molecule has 0 aromatic carbocycles. The topological polar surface area (TPSA) is 66.4 Å². The van der Waals surface area contributed by atoms with Crippen molar-refractivity contribution in [2.24, 2.45) is 5.92 Å². The fraction of sp³-hybridized carbons (Fsp3) is 0.867. The normalized spacial score (nSPS) is 17.6. The molecule has 0 unspecified atom stereocenters. The fourth-order valence-electron chi connectivity index (χ4n) is 2.79. The van der Waals surface area contributed by atoms with E-state index < -0.39 is 12.0 Å². The van der Waals surface area contributed by atoms with Crippen LogP contribution in [0.1, 0.15) is 57.8 Å². The number of carbonyl (C=O) groups excluding carboxylic acids is 1. The summed E-state index contributed by atoms with van der Waals surface area (Å²) in [7, 11) is 0. The second-order valence-electron chi connectivity index (χ2n) is 5.64. The highest BCUT2D eigenvalue weighted by Gasteiger charge is 2.19. The van der Waals surface area contributed by atoms with Gasteiger partial charge in [0.15, 0.2) is 0 Å². The average Bonchev–Trinajstić information content (AvgIpc) is 2.44. The standard InChI is InChI=1S/C15H27NO3S/c1-20-11-10-13(15(18)19)16-14(17)9-5-8-12-6-3-2-4-7-12/h12-13H,2-11H2,1H3,(H,16,17)(H,18,19)/t13-/m1/s1. The summed E-state index contributed by atoms with van der Waals surface area (Å²) in [4.78, 5) is 22.8. The van der Waals surface area contributed by atoms with Crippen LogP contribution in [0.25, 0.3) is 0 Å².